The minimum absolute atomic E-state index is 0.0913. The van der Waals surface area contributed by atoms with E-state index in [1.165, 1.54) is 25.3 Å². The van der Waals surface area contributed by atoms with Crippen LogP contribution in [0.5, 0.6) is 11.5 Å². The van der Waals surface area contributed by atoms with Gasteiger partial charge in [-0.1, -0.05) is 12.1 Å². The summed E-state index contributed by atoms with van der Waals surface area (Å²) in [6, 6.07) is 11.5. The number of rotatable bonds is 6. The Labute approximate surface area is 133 Å². The standard InChI is InChI=1S/C16H16N2O5/c1-11-4-3-5-13(8-11)23-10-16(19)17-14-7-6-12(22-2)9-15(14)18(20)21/h3-9H,10H2,1-2H3,(H,17,19). The molecule has 120 valence electrons. The summed E-state index contributed by atoms with van der Waals surface area (Å²) in [5.74, 6) is 0.412. The van der Waals surface area contributed by atoms with Crippen LogP contribution in [0.2, 0.25) is 0 Å². The van der Waals surface area contributed by atoms with Gasteiger partial charge in [-0.2, -0.15) is 0 Å². The molecule has 1 amide bonds. The van der Waals surface area contributed by atoms with Gasteiger partial charge >= 0.3 is 0 Å². The maximum absolute atomic E-state index is 11.9. The number of nitrogens with zero attached hydrogens (tertiary/aromatic N) is 1. The van der Waals surface area contributed by atoms with Crippen LogP contribution < -0.4 is 14.8 Å². The third kappa shape index (κ3) is 4.44. The molecule has 2 aromatic rings. The first-order valence-corrected chi connectivity index (χ1v) is 6.81. The summed E-state index contributed by atoms with van der Waals surface area (Å²) >= 11 is 0. The molecule has 0 bridgehead atoms. The zero-order valence-corrected chi connectivity index (χ0v) is 12.7. The zero-order chi connectivity index (χ0) is 16.8. The van der Waals surface area contributed by atoms with Crippen molar-refractivity contribution in [1.82, 2.24) is 0 Å². The molecule has 0 aromatic heterocycles. The number of nitro groups is 1. The first-order valence-electron chi connectivity index (χ1n) is 6.81. The Morgan fingerprint density at radius 1 is 1.22 bits per heavy atom. The van der Waals surface area contributed by atoms with Crippen LogP contribution in [0, 0.1) is 17.0 Å². The molecule has 1 N–H and O–H groups in total. The van der Waals surface area contributed by atoms with E-state index in [1.807, 2.05) is 19.1 Å². The van der Waals surface area contributed by atoms with Gasteiger partial charge in [0, 0.05) is 0 Å². The lowest BCUT2D eigenvalue weighted by Gasteiger charge is -2.09. The first kappa shape index (κ1) is 16.3. The van der Waals surface area contributed by atoms with Gasteiger partial charge in [0.2, 0.25) is 0 Å². The highest BCUT2D eigenvalue weighted by Crippen LogP contribution is 2.28. The van der Waals surface area contributed by atoms with Crippen LogP contribution in [0.25, 0.3) is 0 Å². The van der Waals surface area contributed by atoms with Crippen LogP contribution in [0.15, 0.2) is 42.5 Å². The quantitative estimate of drug-likeness (QED) is 0.653. The maximum Gasteiger partial charge on any atom is 0.296 e. The molecule has 0 fully saturated rings. The second-order valence-electron chi connectivity index (χ2n) is 4.79. The average molecular weight is 316 g/mol. The van der Waals surface area contributed by atoms with Gasteiger partial charge in [0.15, 0.2) is 6.61 Å². The minimum atomic E-state index is -0.584. The Balaban J connectivity index is 2.04. The number of aryl methyl sites for hydroxylation is 1. The monoisotopic (exact) mass is 316 g/mol. The molecule has 0 unspecified atom stereocenters. The molecule has 23 heavy (non-hydrogen) atoms. The number of carbonyl (C=O) groups is 1. The van der Waals surface area contributed by atoms with Crippen LogP contribution in [0.3, 0.4) is 0 Å². The lowest BCUT2D eigenvalue weighted by atomic mass is 10.2. The van der Waals surface area contributed by atoms with Crippen molar-refractivity contribution in [2.75, 3.05) is 19.0 Å². The van der Waals surface area contributed by atoms with Crippen LogP contribution in [0.1, 0.15) is 5.56 Å². The number of carbonyl (C=O) groups excluding carboxylic acids is 1. The van der Waals surface area contributed by atoms with Gasteiger partial charge in [-0.15, -0.1) is 0 Å². The van der Waals surface area contributed by atoms with Crippen LogP contribution >= 0.6 is 0 Å². The highest BCUT2D eigenvalue weighted by Gasteiger charge is 2.17. The second kappa shape index (κ2) is 7.26. The summed E-state index contributed by atoms with van der Waals surface area (Å²) in [7, 11) is 1.41. The number of anilines is 1. The predicted molar refractivity (Wildman–Crippen MR) is 85.0 cm³/mol. The smallest absolute Gasteiger partial charge is 0.296 e. The molecule has 0 aliphatic carbocycles. The molecule has 2 rings (SSSR count). The zero-order valence-electron chi connectivity index (χ0n) is 12.7. The molecular weight excluding hydrogens is 300 g/mol. The van der Waals surface area contributed by atoms with Crippen molar-refractivity contribution in [2.45, 2.75) is 6.92 Å². The molecule has 0 aliphatic heterocycles. The normalized spacial score (nSPS) is 10.0. The van der Waals surface area contributed by atoms with Crippen LogP contribution in [-0.2, 0) is 4.79 Å². The summed E-state index contributed by atoms with van der Waals surface area (Å²) in [5, 5.41) is 13.5. The Hall–Kier alpha value is -3.09. The van der Waals surface area contributed by atoms with Gasteiger partial charge in [0.25, 0.3) is 11.6 Å². The molecule has 7 heteroatoms. The van der Waals surface area contributed by atoms with E-state index >= 15 is 0 Å². The third-order valence-electron chi connectivity index (χ3n) is 3.04. The Kier molecular flexibility index (Phi) is 5.14. The van der Waals surface area contributed by atoms with Gasteiger partial charge in [-0.25, -0.2) is 0 Å². The number of benzene rings is 2. The number of hydrogen-bond acceptors (Lipinski definition) is 5. The van der Waals surface area contributed by atoms with Gasteiger partial charge < -0.3 is 14.8 Å². The molecular formula is C16H16N2O5. The summed E-state index contributed by atoms with van der Waals surface area (Å²) in [4.78, 5) is 22.4. The molecule has 2 aromatic carbocycles. The van der Waals surface area contributed by atoms with E-state index in [-0.39, 0.29) is 18.0 Å². The number of nitro benzene ring substituents is 1. The summed E-state index contributed by atoms with van der Waals surface area (Å²) in [5.41, 5.74) is 0.857. The highest BCUT2D eigenvalue weighted by molar-refractivity contribution is 5.94. The lowest BCUT2D eigenvalue weighted by Crippen LogP contribution is -2.20. The molecule has 0 radical (unpaired) electrons. The van der Waals surface area contributed by atoms with Gasteiger partial charge in [-0.3, -0.25) is 14.9 Å². The fraction of sp³-hybridized carbons (Fsp3) is 0.188. The maximum atomic E-state index is 11.9. The molecule has 0 saturated carbocycles. The number of hydrogen-bond donors (Lipinski definition) is 1. The van der Waals surface area contributed by atoms with Crippen molar-refractivity contribution in [3.63, 3.8) is 0 Å². The van der Waals surface area contributed by atoms with Crippen LogP contribution in [-0.4, -0.2) is 24.5 Å². The van der Waals surface area contributed by atoms with Gasteiger partial charge in [0.1, 0.15) is 17.2 Å². The van der Waals surface area contributed by atoms with E-state index < -0.39 is 10.8 Å². The van der Waals surface area contributed by atoms with Crippen LogP contribution in [0.4, 0.5) is 11.4 Å². The van der Waals surface area contributed by atoms with Crippen molar-refractivity contribution in [2.24, 2.45) is 0 Å². The van der Waals surface area contributed by atoms with Crippen molar-refractivity contribution in [1.29, 1.82) is 0 Å². The van der Waals surface area contributed by atoms with Crippen molar-refractivity contribution in [3.8, 4) is 11.5 Å². The van der Waals surface area contributed by atoms with Gasteiger partial charge in [-0.05, 0) is 36.8 Å². The number of ether oxygens (including phenoxy) is 2. The molecule has 7 nitrogen and oxygen atoms in total. The number of amides is 1. The second-order valence-corrected chi connectivity index (χ2v) is 4.79. The largest absolute Gasteiger partial charge is 0.496 e. The topological polar surface area (TPSA) is 90.7 Å². The van der Waals surface area contributed by atoms with Gasteiger partial charge in [0.05, 0.1) is 18.1 Å². The summed E-state index contributed by atoms with van der Waals surface area (Å²) in [6.07, 6.45) is 0. The molecule has 0 heterocycles. The fourth-order valence-corrected chi connectivity index (χ4v) is 1.94. The van der Waals surface area contributed by atoms with E-state index in [1.54, 1.807) is 12.1 Å². The fourth-order valence-electron chi connectivity index (χ4n) is 1.94. The minimum Gasteiger partial charge on any atom is -0.496 e. The Morgan fingerprint density at radius 2 is 2.00 bits per heavy atom. The van der Waals surface area contributed by atoms with Crippen molar-refractivity contribution in [3.05, 3.63) is 58.1 Å². The lowest BCUT2D eigenvalue weighted by molar-refractivity contribution is -0.384. The third-order valence-corrected chi connectivity index (χ3v) is 3.04. The van der Waals surface area contributed by atoms with Crippen molar-refractivity contribution < 1.29 is 19.2 Å². The summed E-state index contributed by atoms with van der Waals surface area (Å²) < 4.78 is 10.3. The van der Waals surface area contributed by atoms with E-state index in [2.05, 4.69) is 5.32 Å². The van der Waals surface area contributed by atoms with Crippen molar-refractivity contribution >= 4 is 17.3 Å². The summed E-state index contributed by atoms with van der Waals surface area (Å²) in [6.45, 7) is 1.67. The average Bonchev–Trinajstić information content (AvgIpc) is 2.53. The molecule has 0 aliphatic rings. The van der Waals surface area contributed by atoms with E-state index in [0.717, 1.165) is 5.56 Å². The van der Waals surface area contributed by atoms with E-state index in [9.17, 15) is 14.9 Å². The number of nitrogens with one attached hydrogen (secondary N) is 1. The molecule has 0 spiro atoms. The Bertz CT molecular complexity index is 730. The predicted octanol–water partition coefficient (Wildman–Crippen LogP) is 2.93. The van der Waals surface area contributed by atoms with E-state index in [0.29, 0.717) is 11.5 Å². The first-order chi connectivity index (χ1) is 11.0. The SMILES string of the molecule is COc1ccc(NC(=O)COc2cccc(C)c2)c([N+](=O)[O-])c1. The number of methoxy groups -OCH3 is 1. The highest BCUT2D eigenvalue weighted by atomic mass is 16.6. The molecule has 0 saturated heterocycles. The molecule has 0 atom stereocenters. The van der Waals surface area contributed by atoms with E-state index in [4.69, 9.17) is 9.47 Å². The Morgan fingerprint density at radius 3 is 2.65 bits per heavy atom.